The third kappa shape index (κ3) is 3.78. The van der Waals surface area contributed by atoms with Crippen molar-refractivity contribution >= 4 is 51.9 Å². The third-order valence-electron chi connectivity index (χ3n) is 4.31. The average molecular weight is 480 g/mol. The number of thioether (sulfide) groups is 1. The molecule has 0 bridgehead atoms. The summed E-state index contributed by atoms with van der Waals surface area (Å²) in [5, 5.41) is 8.98. The third-order valence-corrected chi connectivity index (χ3v) is 5.61. The number of furan rings is 1. The molecular formula is C20H8F4N2O4S2. The molecule has 0 spiro atoms. The number of aromatic carboxylic acids is 1. The fourth-order valence-corrected chi connectivity index (χ4v) is 4.12. The van der Waals surface area contributed by atoms with Crippen molar-refractivity contribution in [2.24, 2.45) is 0 Å². The van der Waals surface area contributed by atoms with E-state index in [2.05, 4.69) is 4.98 Å². The Morgan fingerprint density at radius 2 is 1.69 bits per heavy atom. The molecular weight excluding hydrogens is 472 g/mol. The summed E-state index contributed by atoms with van der Waals surface area (Å²) in [6.45, 7) is 0. The summed E-state index contributed by atoms with van der Waals surface area (Å²) in [5.41, 5.74) is -0.699. The molecule has 0 radical (unpaired) electrons. The molecule has 1 aromatic carbocycles. The van der Waals surface area contributed by atoms with Crippen LogP contribution in [0.5, 0.6) is 0 Å². The van der Waals surface area contributed by atoms with Gasteiger partial charge in [0.05, 0.1) is 21.7 Å². The van der Waals surface area contributed by atoms with Crippen LogP contribution >= 0.6 is 24.0 Å². The van der Waals surface area contributed by atoms with Gasteiger partial charge in [0.25, 0.3) is 17.8 Å². The molecule has 1 aliphatic rings. The second-order valence-electron chi connectivity index (χ2n) is 6.27. The summed E-state index contributed by atoms with van der Waals surface area (Å²) in [7, 11) is 0. The molecule has 32 heavy (non-hydrogen) atoms. The van der Waals surface area contributed by atoms with E-state index < -0.39 is 46.7 Å². The zero-order valence-electron chi connectivity index (χ0n) is 15.4. The zero-order valence-corrected chi connectivity index (χ0v) is 17.1. The number of aromatic nitrogens is 1. The Labute approximate surface area is 186 Å². The van der Waals surface area contributed by atoms with Crippen LogP contribution in [-0.2, 0) is 4.79 Å². The van der Waals surface area contributed by atoms with E-state index >= 15 is 0 Å². The number of carboxylic acids is 1. The Morgan fingerprint density at radius 1 is 1.06 bits per heavy atom. The Morgan fingerprint density at radius 3 is 2.28 bits per heavy atom. The topological polar surface area (TPSA) is 83.6 Å². The molecule has 1 amide bonds. The maximum absolute atomic E-state index is 13.9. The molecule has 0 unspecified atom stereocenters. The van der Waals surface area contributed by atoms with E-state index in [1.165, 1.54) is 41.3 Å². The number of thiocarbonyl (C=S) groups is 1. The van der Waals surface area contributed by atoms with E-state index in [1.807, 2.05) is 0 Å². The van der Waals surface area contributed by atoms with E-state index in [9.17, 15) is 27.2 Å². The highest BCUT2D eigenvalue weighted by Crippen LogP contribution is 2.37. The summed E-state index contributed by atoms with van der Waals surface area (Å²) in [6, 6.07) is 7.79. The lowest BCUT2D eigenvalue weighted by Gasteiger charge is -2.14. The number of nitrogens with zero attached hydrogens (tertiary/aromatic N) is 2. The number of rotatable bonds is 4. The highest BCUT2D eigenvalue weighted by molar-refractivity contribution is 8.27. The molecule has 0 aliphatic carbocycles. The lowest BCUT2D eigenvalue weighted by Crippen LogP contribution is -2.27. The number of anilines is 1. The molecule has 0 atom stereocenters. The zero-order chi connectivity index (χ0) is 23.2. The van der Waals surface area contributed by atoms with Crippen molar-refractivity contribution in [3.8, 4) is 11.3 Å². The van der Waals surface area contributed by atoms with Gasteiger partial charge in [-0.15, -0.1) is 0 Å². The van der Waals surface area contributed by atoms with Gasteiger partial charge in [-0.05, 0) is 36.4 Å². The minimum absolute atomic E-state index is 0.0290. The number of carbonyl (C=O) groups is 2. The van der Waals surface area contributed by atoms with E-state index in [-0.39, 0.29) is 20.5 Å². The summed E-state index contributed by atoms with van der Waals surface area (Å²) >= 11 is 6.13. The van der Waals surface area contributed by atoms with E-state index in [4.69, 9.17) is 21.7 Å². The van der Waals surface area contributed by atoms with Gasteiger partial charge in [0.1, 0.15) is 11.5 Å². The number of hydrogen-bond acceptors (Lipinski definition) is 6. The summed E-state index contributed by atoms with van der Waals surface area (Å²) in [4.78, 5) is 27.5. The maximum atomic E-state index is 13.9. The second-order valence-corrected chi connectivity index (χ2v) is 7.94. The van der Waals surface area contributed by atoms with Gasteiger partial charge < -0.3 is 9.52 Å². The van der Waals surface area contributed by atoms with Crippen molar-refractivity contribution in [2.45, 2.75) is 0 Å². The Balaban J connectivity index is 1.64. The van der Waals surface area contributed by atoms with Crippen molar-refractivity contribution in [2.75, 3.05) is 4.90 Å². The molecule has 162 valence electrons. The SMILES string of the molecule is O=C(O)c1ccc(N2C(=O)C(=Cc3ccc(-c4c(F)c(F)nc(F)c4F)o3)SC2=S)cc1. The van der Waals surface area contributed by atoms with Crippen molar-refractivity contribution in [3.63, 3.8) is 0 Å². The molecule has 1 N–H and O–H groups in total. The van der Waals surface area contributed by atoms with Gasteiger partial charge >= 0.3 is 5.97 Å². The normalized spacial score (nSPS) is 15.1. The van der Waals surface area contributed by atoms with Crippen LogP contribution in [0.3, 0.4) is 0 Å². The molecule has 3 aromatic rings. The number of carboxylic acid groups (broad SMARTS) is 1. The largest absolute Gasteiger partial charge is 0.478 e. The van der Waals surface area contributed by atoms with Crippen LogP contribution in [-0.4, -0.2) is 26.3 Å². The van der Waals surface area contributed by atoms with Crippen LogP contribution in [0.1, 0.15) is 16.1 Å². The van der Waals surface area contributed by atoms with Crippen LogP contribution in [0.2, 0.25) is 0 Å². The number of halogens is 4. The summed E-state index contributed by atoms with van der Waals surface area (Å²) in [6.07, 6.45) is 1.25. The second kappa shape index (κ2) is 8.20. The maximum Gasteiger partial charge on any atom is 0.335 e. The minimum Gasteiger partial charge on any atom is -0.478 e. The molecule has 6 nitrogen and oxygen atoms in total. The van der Waals surface area contributed by atoms with Crippen LogP contribution in [0.4, 0.5) is 23.2 Å². The van der Waals surface area contributed by atoms with Crippen molar-refractivity contribution in [3.05, 3.63) is 76.2 Å². The van der Waals surface area contributed by atoms with Gasteiger partial charge in [-0.3, -0.25) is 9.69 Å². The lowest BCUT2D eigenvalue weighted by atomic mass is 10.2. The number of benzene rings is 1. The van der Waals surface area contributed by atoms with Crippen LogP contribution in [0.25, 0.3) is 17.4 Å². The summed E-state index contributed by atoms with van der Waals surface area (Å²) < 4.78 is 60.0. The monoisotopic (exact) mass is 480 g/mol. The quantitative estimate of drug-likeness (QED) is 0.243. The highest BCUT2D eigenvalue weighted by atomic mass is 32.2. The molecule has 3 heterocycles. The molecule has 1 aliphatic heterocycles. The molecule has 1 saturated heterocycles. The standard InChI is InChI=1S/C20H8F4N2O4S2/c21-14-13(15(22)17(24)25-16(14)23)11-6-5-10(30-11)7-12-18(27)26(20(31)32-12)9-3-1-8(2-4-9)19(28)29/h1-7H,(H,28,29). The number of carbonyl (C=O) groups excluding carboxylic acids is 1. The first-order valence-electron chi connectivity index (χ1n) is 8.59. The lowest BCUT2D eigenvalue weighted by molar-refractivity contribution is -0.113. The van der Waals surface area contributed by atoms with Gasteiger partial charge in [-0.25, -0.2) is 13.6 Å². The van der Waals surface area contributed by atoms with Gasteiger partial charge in [0.15, 0.2) is 16.0 Å². The Bertz CT molecular complexity index is 1300. The number of amides is 1. The summed E-state index contributed by atoms with van der Waals surface area (Å²) in [5.74, 6) is -9.30. The first-order valence-corrected chi connectivity index (χ1v) is 9.81. The molecule has 1 fully saturated rings. The van der Waals surface area contributed by atoms with Crippen molar-refractivity contribution in [1.29, 1.82) is 0 Å². The minimum atomic E-state index is -1.83. The predicted octanol–water partition coefficient (Wildman–Crippen LogP) is 5.00. The number of pyridine rings is 1. The van der Waals surface area contributed by atoms with Crippen molar-refractivity contribution in [1.82, 2.24) is 4.98 Å². The Kier molecular flexibility index (Phi) is 5.57. The first-order chi connectivity index (χ1) is 15.2. The molecule has 0 saturated carbocycles. The van der Waals surface area contributed by atoms with Crippen LogP contribution in [0, 0.1) is 23.5 Å². The fraction of sp³-hybridized carbons (Fsp3) is 0. The van der Waals surface area contributed by atoms with Gasteiger partial charge in [-0.1, -0.05) is 24.0 Å². The van der Waals surface area contributed by atoms with Crippen LogP contribution in [0.15, 0.2) is 45.7 Å². The van der Waals surface area contributed by atoms with E-state index in [0.29, 0.717) is 5.69 Å². The van der Waals surface area contributed by atoms with Crippen molar-refractivity contribution < 1.29 is 36.7 Å². The number of hydrogen-bond donors (Lipinski definition) is 1. The average Bonchev–Trinajstić information content (AvgIpc) is 3.31. The van der Waals surface area contributed by atoms with Gasteiger partial charge in [0, 0.05) is 6.08 Å². The smallest absolute Gasteiger partial charge is 0.335 e. The molecule has 12 heteroatoms. The predicted molar refractivity (Wildman–Crippen MR) is 111 cm³/mol. The molecule has 4 rings (SSSR count). The molecule has 2 aromatic heterocycles. The first kappa shape index (κ1) is 21.7. The van der Waals surface area contributed by atoms with E-state index in [1.54, 1.807) is 0 Å². The van der Waals surface area contributed by atoms with E-state index in [0.717, 1.165) is 17.8 Å². The fourth-order valence-electron chi connectivity index (χ4n) is 2.84. The highest BCUT2D eigenvalue weighted by Gasteiger charge is 2.34. The van der Waals surface area contributed by atoms with Gasteiger partial charge in [-0.2, -0.15) is 13.8 Å². The Hall–Kier alpha value is -3.51. The van der Waals surface area contributed by atoms with Gasteiger partial charge in [0.2, 0.25) is 0 Å². The van der Waals surface area contributed by atoms with Crippen LogP contribution < -0.4 is 4.90 Å².